The van der Waals surface area contributed by atoms with E-state index in [9.17, 15) is 9.50 Å². The van der Waals surface area contributed by atoms with E-state index in [1.54, 1.807) is 6.07 Å². The van der Waals surface area contributed by atoms with E-state index in [4.69, 9.17) is 9.47 Å². The van der Waals surface area contributed by atoms with Crippen molar-refractivity contribution in [1.82, 2.24) is 4.90 Å². The second kappa shape index (κ2) is 10.0. The molecular formula is C23H30FNO3. The summed E-state index contributed by atoms with van der Waals surface area (Å²) in [5, 5.41) is 10.5. The van der Waals surface area contributed by atoms with Gasteiger partial charge in [-0.2, -0.15) is 0 Å². The molecule has 2 aromatic rings. The number of methoxy groups -OCH3 is 1. The second-order valence-electron chi connectivity index (χ2n) is 7.36. The van der Waals surface area contributed by atoms with Gasteiger partial charge in [-0.05, 0) is 54.6 Å². The molecule has 152 valence electrons. The molecule has 2 aromatic carbocycles. The minimum atomic E-state index is -0.586. The summed E-state index contributed by atoms with van der Waals surface area (Å²) in [4.78, 5) is 2.09. The average Bonchev–Trinajstić information content (AvgIpc) is 2.72. The quantitative estimate of drug-likeness (QED) is 0.703. The highest BCUT2D eigenvalue weighted by Crippen LogP contribution is 2.32. The molecule has 0 radical (unpaired) electrons. The Kier molecular flexibility index (Phi) is 7.43. The molecule has 0 heterocycles. The molecule has 3 rings (SSSR count). The Morgan fingerprint density at radius 3 is 2.82 bits per heavy atom. The van der Waals surface area contributed by atoms with Crippen LogP contribution >= 0.6 is 0 Å². The number of fused-ring (bicyclic) bond motifs is 1. The molecule has 0 spiro atoms. The van der Waals surface area contributed by atoms with Gasteiger partial charge in [0.15, 0.2) is 11.6 Å². The molecule has 1 aliphatic carbocycles. The minimum absolute atomic E-state index is 0.0605. The highest BCUT2D eigenvalue weighted by Gasteiger charge is 2.22. The van der Waals surface area contributed by atoms with Gasteiger partial charge in [-0.15, -0.1) is 0 Å². The summed E-state index contributed by atoms with van der Waals surface area (Å²) in [6.07, 6.45) is 2.68. The largest absolute Gasteiger partial charge is 0.494 e. The number of aliphatic hydroxyl groups excluding tert-OH is 1. The Balaban J connectivity index is 1.52. The first-order valence-corrected chi connectivity index (χ1v) is 10.0. The van der Waals surface area contributed by atoms with Crippen LogP contribution in [0, 0.1) is 5.82 Å². The van der Waals surface area contributed by atoms with Crippen LogP contribution in [0.1, 0.15) is 42.6 Å². The van der Waals surface area contributed by atoms with Crippen LogP contribution in [-0.4, -0.2) is 42.9 Å². The van der Waals surface area contributed by atoms with Crippen molar-refractivity contribution in [2.24, 2.45) is 0 Å². The molecule has 28 heavy (non-hydrogen) atoms. The molecule has 4 nitrogen and oxygen atoms in total. The topological polar surface area (TPSA) is 41.9 Å². The molecule has 2 atom stereocenters. The van der Waals surface area contributed by atoms with E-state index in [0.29, 0.717) is 19.7 Å². The lowest BCUT2D eigenvalue weighted by Crippen LogP contribution is -2.35. The van der Waals surface area contributed by atoms with Gasteiger partial charge in [0, 0.05) is 13.1 Å². The highest BCUT2D eigenvalue weighted by atomic mass is 19.1. The van der Waals surface area contributed by atoms with Crippen molar-refractivity contribution in [3.63, 3.8) is 0 Å². The van der Waals surface area contributed by atoms with Gasteiger partial charge in [-0.3, -0.25) is 4.90 Å². The van der Waals surface area contributed by atoms with Crippen LogP contribution in [0.5, 0.6) is 5.75 Å². The maximum atomic E-state index is 13.9. The number of ether oxygens (including phenoxy) is 2. The lowest BCUT2D eigenvalue weighted by molar-refractivity contribution is -0.0284. The van der Waals surface area contributed by atoms with E-state index in [1.807, 2.05) is 19.1 Å². The van der Waals surface area contributed by atoms with Crippen LogP contribution in [0.4, 0.5) is 4.39 Å². The van der Waals surface area contributed by atoms with Crippen LogP contribution in [0.15, 0.2) is 42.5 Å². The SMILES string of the molecule is CCN(Cc1ccc(OC)c(F)c1)C[C@@H](O)CO[C@@H]1CCCc2ccccc21. The molecule has 0 amide bonds. The van der Waals surface area contributed by atoms with Gasteiger partial charge in [0.1, 0.15) is 0 Å². The van der Waals surface area contributed by atoms with E-state index >= 15 is 0 Å². The normalized spacial score (nSPS) is 17.4. The summed E-state index contributed by atoms with van der Waals surface area (Å²) in [5.41, 5.74) is 3.46. The molecule has 0 unspecified atom stereocenters. The summed E-state index contributed by atoms with van der Waals surface area (Å²) in [7, 11) is 1.46. The third-order valence-corrected chi connectivity index (χ3v) is 5.34. The van der Waals surface area contributed by atoms with E-state index in [1.165, 1.54) is 24.3 Å². The monoisotopic (exact) mass is 387 g/mol. The fourth-order valence-electron chi connectivity index (χ4n) is 3.83. The first-order chi connectivity index (χ1) is 13.6. The van der Waals surface area contributed by atoms with E-state index in [2.05, 4.69) is 23.1 Å². The zero-order chi connectivity index (χ0) is 19.9. The van der Waals surface area contributed by atoms with Crippen LogP contribution in [0.3, 0.4) is 0 Å². The molecular weight excluding hydrogens is 357 g/mol. The standard InChI is InChI=1S/C23H30FNO3/c1-3-25(14-17-11-12-23(27-2)21(24)13-17)15-19(26)16-28-22-10-6-8-18-7-4-5-9-20(18)22/h4-5,7,9,11-13,19,22,26H,3,6,8,10,14-16H2,1-2H3/t19-,22-/m1/s1. The van der Waals surface area contributed by atoms with E-state index < -0.39 is 6.10 Å². The molecule has 1 N–H and O–H groups in total. The fourth-order valence-corrected chi connectivity index (χ4v) is 3.83. The maximum Gasteiger partial charge on any atom is 0.165 e. The second-order valence-corrected chi connectivity index (χ2v) is 7.36. The molecule has 5 heteroatoms. The van der Waals surface area contributed by atoms with Crippen molar-refractivity contribution < 1.29 is 19.0 Å². The molecule has 0 saturated heterocycles. The van der Waals surface area contributed by atoms with Crippen molar-refractivity contribution in [2.75, 3.05) is 26.8 Å². The molecule has 0 fully saturated rings. The summed E-state index contributed by atoms with van der Waals surface area (Å²) in [6, 6.07) is 13.4. The molecule has 0 bridgehead atoms. The number of hydrogen-bond acceptors (Lipinski definition) is 4. The number of aryl methyl sites for hydroxylation is 1. The van der Waals surface area contributed by atoms with Crippen molar-refractivity contribution >= 4 is 0 Å². The Labute approximate surface area is 166 Å². The predicted octanol–water partition coefficient (Wildman–Crippen LogP) is 4.11. The Hall–Kier alpha value is -1.95. The first-order valence-electron chi connectivity index (χ1n) is 10.0. The number of benzene rings is 2. The molecule has 0 aromatic heterocycles. The van der Waals surface area contributed by atoms with Gasteiger partial charge in [0.05, 0.1) is 25.9 Å². The fraction of sp³-hybridized carbons (Fsp3) is 0.478. The van der Waals surface area contributed by atoms with Gasteiger partial charge in [0.25, 0.3) is 0 Å². The van der Waals surface area contributed by atoms with Gasteiger partial charge in [-0.25, -0.2) is 4.39 Å². The highest BCUT2D eigenvalue weighted by molar-refractivity contribution is 5.31. The lowest BCUT2D eigenvalue weighted by atomic mass is 9.89. The van der Waals surface area contributed by atoms with E-state index in [0.717, 1.165) is 31.4 Å². The average molecular weight is 387 g/mol. The van der Waals surface area contributed by atoms with Crippen LogP contribution < -0.4 is 4.74 Å². The van der Waals surface area contributed by atoms with Crippen molar-refractivity contribution in [3.8, 4) is 5.75 Å². The smallest absolute Gasteiger partial charge is 0.165 e. The van der Waals surface area contributed by atoms with Crippen molar-refractivity contribution in [3.05, 3.63) is 65.0 Å². The summed E-state index contributed by atoms with van der Waals surface area (Å²) < 4.78 is 24.9. The number of rotatable bonds is 9. The van der Waals surface area contributed by atoms with Crippen LogP contribution in [-0.2, 0) is 17.7 Å². The van der Waals surface area contributed by atoms with Crippen molar-refractivity contribution in [2.45, 2.75) is 44.9 Å². The van der Waals surface area contributed by atoms with Gasteiger partial charge < -0.3 is 14.6 Å². The minimum Gasteiger partial charge on any atom is -0.494 e. The summed E-state index contributed by atoms with van der Waals surface area (Å²) in [5.74, 6) is -0.121. The Bertz CT molecular complexity index is 767. The lowest BCUT2D eigenvalue weighted by Gasteiger charge is -2.28. The van der Waals surface area contributed by atoms with E-state index in [-0.39, 0.29) is 17.7 Å². The Morgan fingerprint density at radius 2 is 2.07 bits per heavy atom. The Morgan fingerprint density at radius 1 is 1.25 bits per heavy atom. The zero-order valence-electron chi connectivity index (χ0n) is 16.7. The molecule has 0 saturated carbocycles. The van der Waals surface area contributed by atoms with Crippen LogP contribution in [0.25, 0.3) is 0 Å². The maximum absolute atomic E-state index is 13.9. The van der Waals surface area contributed by atoms with Gasteiger partial charge in [0.2, 0.25) is 0 Å². The van der Waals surface area contributed by atoms with Gasteiger partial charge in [-0.1, -0.05) is 37.3 Å². The van der Waals surface area contributed by atoms with Crippen LogP contribution in [0.2, 0.25) is 0 Å². The number of likely N-dealkylation sites (N-methyl/N-ethyl adjacent to an activating group) is 1. The number of aliphatic hydroxyl groups is 1. The summed E-state index contributed by atoms with van der Waals surface area (Å²) in [6.45, 7) is 4.15. The number of hydrogen-bond donors (Lipinski definition) is 1. The zero-order valence-corrected chi connectivity index (χ0v) is 16.7. The first kappa shape index (κ1) is 20.8. The number of nitrogens with zero attached hydrogens (tertiary/aromatic N) is 1. The third kappa shape index (κ3) is 5.31. The molecule has 1 aliphatic rings. The van der Waals surface area contributed by atoms with Crippen molar-refractivity contribution in [1.29, 1.82) is 0 Å². The third-order valence-electron chi connectivity index (χ3n) is 5.34. The summed E-state index contributed by atoms with van der Waals surface area (Å²) >= 11 is 0. The number of halogens is 1. The van der Waals surface area contributed by atoms with Gasteiger partial charge >= 0.3 is 0 Å². The molecule has 0 aliphatic heterocycles. The predicted molar refractivity (Wildman–Crippen MR) is 108 cm³/mol.